The van der Waals surface area contributed by atoms with Crippen LogP contribution in [-0.4, -0.2) is 35.2 Å². The molecule has 0 saturated heterocycles. The average Bonchev–Trinajstić information content (AvgIpc) is 3.17. The number of nitrogens with zero attached hydrogens (tertiary/aromatic N) is 6. The highest BCUT2D eigenvalue weighted by atomic mass is 127. The van der Waals surface area contributed by atoms with Crippen LogP contribution in [0.3, 0.4) is 0 Å². The molecule has 3 aromatic heterocycles. The number of hydrogen-bond donors (Lipinski definition) is 1. The zero-order chi connectivity index (χ0) is 17.4. The van der Waals surface area contributed by atoms with Crippen molar-refractivity contribution in [3.63, 3.8) is 0 Å². The van der Waals surface area contributed by atoms with Crippen LogP contribution in [0.5, 0.6) is 0 Å². The smallest absolute Gasteiger partial charge is 0.275 e. The summed E-state index contributed by atoms with van der Waals surface area (Å²) in [5.74, 6) is -0.229. The van der Waals surface area contributed by atoms with Gasteiger partial charge in [0.05, 0.1) is 44.3 Å². The van der Waals surface area contributed by atoms with E-state index in [0.29, 0.717) is 23.1 Å². The second kappa shape index (κ2) is 6.55. The van der Waals surface area contributed by atoms with Crippen molar-refractivity contribution >= 4 is 45.8 Å². The second-order valence-electron chi connectivity index (χ2n) is 5.31. The lowest BCUT2D eigenvalue weighted by atomic mass is 10.4. The maximum Gasteiger partial charge on any atom is 0.275 e. The van der Waals surface area contributed by atoms with Crippen molar-refractivity contribution in [2.45, 2.75) is 20.5 Å². The summed E-state index contributed by atoms with van der Waals surface area (Å²) in [5.41, 5.74) is 2.76. The molecule has 126 valence electrons. The quantitative estimate of drug-likeness (QED) is 0.608. The van der Waals surface area contributed by atoms with Crippen LogP contribution in [0.4, 0.5) is 5.69 Å². The van der Waals surface area contributed by atoms with Gasteiger partial charge in [0.15, 0.2) is 0 Å². The Balaban J connectivity index is 1.74. The SMILES string of the molecule is Cc1nn(Cn2cc(NC(=O)c3c(I)cnn3C)cn2)c(C)c1Cl. The van der Waals surface area contributed by atoms with Crippen molar-refractivity contribution in [1.29, 1.82) is 0 Å². The maximum absolute atomic E-state index is 12.3. The molecule has 1 amide bonds. The van der Waals surface area contributed by atoms with Crippen LogP contribution in [0.1, 0.15) is 21.9 Å². The Labute approximate surface area is 156 Å². The summed E-state index contributed by atoms with van der Waals surface area (Å²) in [4.78, 5) is 12.3. The number of rotatable bonds is 4. The number of halogens is 2. The predicted octanol–water partition coefficient (Wildman–Crippen LogP) is 2.45. The molecule has 0 aliphatic rings. The van der Waals surface area contributed by atoms with Crippen LogP contribution in [0, 0.1) is 17.4 Å². The first kappa shape index (κ1) is 17.0. The third-order valence-corrected chi connectivity index (χ3v) is 4.91. The number of carbonyl (C=O) groups is 1. The van der Waals surface area contributed by atoms with Crippen molar-refractivity contribution in [3.05, 3.63) is 44.3 Å². The van der Waals surface area contributed by atoms with Gasteiger partial charge >= 0.3 is 0 Å². The van der Waals surface area contributed by atoms with Gasteiger partial charge in [0.1, 0.15) is 12.4 Å². The van der Waals surface area contributed by atoms with Gasteiger partial charge in [0, 0.05) is 7.05 Å². The summed E-state index contributed by atoms with van der Waals surface area (Å²) < 4.78 is 5.77. The molecule has 0 aliphatic heterocycles. The Hall–Kier alpha value is -1.88. The van der Waals surface area contributed by atoms with Gasteiger partial charge in [-0.15, -0.1) is 0 Å². The van der Waals surface area contributed by atoms with Crippen molar-refractivity contribution < 1.29 is 4.79 Å². The lowest BCUT2D eigenvalue weighted by Crippen LogP contribution is -2.17. The molecule has 10 heteroatoms. The monoisotopic (exact) mass is 459 g/mol. The molecule has 0 aromatic carbocycles. The van der Waals surface area contributed by atoms with E-state index in [1.165, 1.54) is 0 Å². The van der Waals surface area contributed by atoms with Crippen LogP contribution in [-0.2, 0) is 13.7 Å². The zero-order valence-corrected chi connectivity index (χ0v) is 16.2. The molecular formula is C14H15ClIN7O. The molecule has 0 unspecified atom stereocenters. The molecule has 0 atom stereocenters. The normalized spacial score (nSPS) is 11.0. The fourth-order valence-electron chi connectivity index (χ4n) is 2.31. The van der Waals surface area contributed by atoms with Crippen molar-refractivity contribution in [3.8, 4) is 0 Å². The lowest BCUT2D eigenvalue weighted by molar-refractivity contribution is 0.101. The van der Waals surface area contributed by atoms with E-state index < -0.39 is 0 Å². The third kappa shape index (κ3) is 3.18. The number of amides is 1. The molecule has 1 N–H and O–H groups in total. The van der Waals surface area contributed by atoms with E-state index >= 15 is 0 Å². The van der Waals surface area contributed by atoms with E-state index in [0.717, 1.165) is 15.0 Å². The highest BCUT2D eigenvalue weighted by Crippen LogP contribution is 2.19. The van der Waals surface area contributed by atoms with Gasteiger partial charge < -0.3 is 5.32 Å². The van der Waals surface area contributed by atoms with Gasteiger partial charge in [-0.3, -0.25) is 9.48 Å². The second-order valence-corrected chi connectivity index (χ2v) is 6.85. The van der Waals surface area contributed by atoms with Gasteiger partial charge in [0.2, 0.25) is 0 Å². The molecular weight excluding hydrogens is 445 g/mol. The standard InChI is InChI=1S/C14H15ClIN7O/c1-8-12(15)9(2)23(20-8)7-22-6-10(4-18-22)19-14(24)13-11(16)5-17-21(13)3/h4-6H,7H2,1-3H3,(H,19,24). The lowest BCUT2D eigenvalue weighted by Gasteiger charge is -2.05. The van der Waals surface area contributed by atoms with E-state index in [-0.39, 0.29) is 5.91 Å². The molecule has 0 bridgehead atoms. The Morgan fingerprint density at radius 2 is 2.08 bits per heavy atom. The van der Waals surface area contributed by atoms with Gasteiger partial charge in [0.25, 0.3) is 5.91 Å². The van der Waals surface area contributed by atoms with Crippen molar-refractivity contribution in [1.82, 2.24) is 29.3 Å². The van der Waals surface area contributed by atoms with E-state index in [1.807, 2.05) is 13.8 Å². The topological polar surface area (TPSA) is 82.6 Å². The molecule has 3 rings (SSSR count). The van der Waals surface area contributed by atoms with Crippen LogP contribution >= 0.6 is 34.2 Å². The van der Waals surface area contributed by atoms with Gasteiger partial charge in [-0.1, -0.05) is 11.6 Å². The molecule has 0 saturated carbocycles. The van der Waals surface area contributed by atoms with Gasteiger partial charge in [-0.05, 0) is 36.4 Å². The predicted molar refractivity (Wildman–Crippen MR) is 98.2 cm³/mol. The fraction of sp³-hybridized carbons (Fsp3) is 0.286. The molecule has 3 heterocycles. The summed E-state index contributed by atoms with van der Waals surface area (Å²) in [6.07, 6.45) is 4.98. The van der Waals surface area contributed by atoms with Crippen LogP contribution in [0.15, 0.2) is 18.6 Å². The first-order valence-electron chi connectivity index (χ1n) is 7.07. The molecule has 0 fully saturated rings. The first-order chi connectivity index (χ1) is 11.4. The van der Waals surface area contributed by atoms with E-state index in [1.54, 1.807) is 39.7 Å². The minimum absolute atomic E-state index is 0.229. The average molecular weight is 460 g/mol. The number of carbonyl (C=O) groups excluding carboxylic acids is 1. The molecule has 24 heavy (non-hydrogen) atoms. The Morgan fingerprint density at radius 1 is 1.33 bits per heavy atom. The number of anilines is 1. The minimum Gasteiger partial charge on any atom is -0.318 e. The minimum atomic E-state index is -0.229. The summed E-state index contributed by atoms with van der Waals surface area (Å²) in [6, 6.07) is 0. The Morgan fingerprint density at radius 3 is 2.67 bits per heavy atom. The van der Waals surface area contributed by atoms with Crippen LogP contribution < -0.4 is 5.32 Å². The number of aryl methyl sites for hydroxylation is 2. The number of nitrogens with one attached hydrogen (secondary N) is 1. The Bertz CT molecular complexity index is 891. The van der Waals surface area contributed by atoms with Crippen LogP contribution in [0.25, 0.3) is 0 Å². The molecule has 0 spiro atoms. The largest absolute Gasteiger partial charge is 0.318 e. The van der Waals surface area contributed by atoms with Crippen molar-refractivity contribution in [2.24, 2.45) is 7.05 Å². The Kier molecular flexibility index (Phi) is 4.63. The molecule has 8 nitrogen and oxygen atoms in total. The van der Waals surface area contributed by atoms with Gasteiger partial charge in [-0.25, -0.2) is 9.36 Å². The number of hydrogen-bond acceptors (Lipinski definition) is 4. The van der Waals surface area contributed by atoms with E-state index in [2.05, 4.69) is 43.2 Å². The van der Waals surface area contributed by atoms with Gasteiger partial charge in [-0.2, -0.15) is 15.3 Å². The van der Waals surface area contributed by atoms with E-state index in [9.17, 15) is 4.79 Å². The number of aromatic nitrogens is 6. The van der Waals surface area contributed by atoms with Crippen LogP contribution in [0.2, 0.25) is 5.02 Å². The highest BCUT2D eigenvalue weighted by molar-refractivity contribution is 14.1. The summed E-state index contributed by atoms with van der Waals surface area (Å²) in [6.45, 7) is 4.17. The summed E-state index contributed by atoms with van der Waals surface area (Å²) in [7, 11) is 1.73. The van der Waals surface area contributed by atoms with Crippen molar-refractivity contribution in [2.75, 3.05) is 5.32 Å². The summed E-state index contributed by atoms with van der Waals surface area (Å²) in [5, 5.41) is 16.1. The molecule has 0 radical (unpaired) electrons. The molecule has 3 aromatic rings. The highest BCUT2D eigenvalue weighted by Gasteiger charge is 2.16. The fourth-order valence-corrected chi connectivity index (χ4v) is 3.17. The van der Waals surface area contributed by atoms with E-state index in [4.69, 9.17) is 11.6 Å². The summed E-state index contributed by atoms with van der Waals surface area (Å²) >= 11 is 8.23. The first-order valence-corrected chi connectivity index (χ1v) is 8.53. The third-order valence-electron chi connectivity index (χ3n) is 3.57. The zero-order valence-electron chi connectivity index (χ0n) is 13.3. The maximum atomic E-state index is 12.3. The molecule has 0 aliphatic carbocycles.